The number of likely N-dealkylation sites (N-methyl/N-ethyl adjacent to an activating group) is 1. The lowest BCUT2D eigenvalue weighted by Gasteiger charge is -2.30. The van der Waals surface area contributed by atoms with E-state index in [1.165, 1.54) is 28.8 Å². The van der Waals surface area contributed by atoms with E-state index < -0.39 is 5.91 Å². The molecule has 3 N–H and O–H groups in total. The van der Waals surface area contributed by atoms with E-state index in [-0.39, 0.29) is 37.2 Å². The number of hydrogen-bond donors (Lipinski definition) is 2. The monoisotopic (exact) mass is 440 g/mol. The molecule has 0 bridgehead atoms. The van der Waals surface area contributed by atoms with Gasteiger partial charge in [0.05, 0.1) is 11.4 Å². The summed E-state index contributed by atoms with van der Waals surface area (Å²) < 4.78 is 0. The zero-order chi connectivity index (χ0) is 22.4. The number of hydrogen-bond acceptors (Lipinski definition) is 5. The second-order valence-corrected chi connectivity index (χ2v) is 7.97. The Kier molecular flexibility index (Phi) is 7.30. The molecule has 0 spiro atoms. The highest BCUT2D eigenvalue weighted by atomic mass is 32.2. The molecule has 0 atom stereocenters. The highest BCUT2D eigenvalue weighted by molar-refractivity contribution is 8.00. The van der Waals surface area contributed by atoms with E-state index in [1.54, 1.807) is 17.0 Å². The Bertz CT molecular complexity index is 993. The first-order valence-corrected chi connectivity index (χ1v) is 10.9. The second-order valence-electron chi connectivity index (χ2n) is 6.95. The fourth-order valence-electron chi connectivity index (χ4n) is 3.20. The van der Waals surface area contributed by atoms with Crippen molar-refractivity contribution in [3.05, 3.63) is 54.1 Å². The van der Waals surface area contributed by atoms with E-state index in [9.17, 15) is 19.2 Å². The van der Waals surface area contributed by atoms with Crippen LogP contribution in [0.25, 0.3) is 0 Å². The maximum Gasteiger partial charge on any atom is 0.248 e. The summed E-state index contributed by atoms with van der Waals surface area (Å²) in [7, 11) is 0. The van der Waals surface area contributed by atoms with Crippen molar-refractivity contribution >= 4 is 46.8 Å². The Balaban J connectivity index is 1.56. The Morgan fingerprint density at radius 2 is 1.84 bits per heavy atom. The van der Waals surface area contributed by atoms with Gasteiger partial charge in [0.1, 0.15) is 6.54 Å². The Morgan fingerprint density at radius 1 is 1.13 bits per heavy atom. The molecule has 2 aromatic carbocycles. The molecule has 9 heteroatoms. The van der Waals surface area contributed by atoms with Crippen molar-refractivity contribution in [2.24, 2.45) is 5.73 Å². The van der Waals surface area contributed by atoms with E-state index in [0.717, 1.165) is 10.6 Å². The topological polar surface area (TPSA) is 113 Å². The first-order chi connectivity index (χ1) is 14.9. The van der Waals surface area contributed by atoms with E-state index in [2.05, 4.69) is 5.32 Å². The number of nitrogens with two attached hydrogens (primary N) is 1. The molecule has 1 aliphatic heterocycles. The number of thioether (sulfide) groups is 1. The van der Waals surface area contributed by atoms with Crippen LogP contribution >= 0.6 is 11.8 Å². The van der Waals surface area contributed by atoms with Gasteiger partial charge in [-0.05, 0) is 43.3 Å². The Labute approximate surface area is 184 Å². The summed E-state index contributed by atoms with van der Waals surface area (Å²) in [4.78, 5) is 52.6. The molecular weight excluding hydrogens is 416 g/mol. The van der Waals surface area contributed by atoms with Crippen LogP contribution in [0.1, 0.15) is 23.7 Å². The molecule has 0 saturated carbocycles. The van der Waals surface area contributed by atoms with Crippen LogP contribution in [0.3, 0.4) is 0 Å². The van der Waals surface area contributed by atoms with Gasteiger partial charge in [-0.3, -0.25) is 19.2 Å². The molecule has 0 aliphatic carbocycles. The first-order valence-electron chi connectivity index (χ1n) is 9.88. The number of para-hydroxylation sites is 1. The van der Waals surface area contributed by atoms with E-state index >= 15 is 0 Å². The van der Waals surface area contributed by atoms with Crippen molar-refractivity contribution in [1.82, 2.24) is 4.90 Å². The van der Waals surface area contributed by atoms with Crippen molar-refractivity contribution in [3.63, 3.8) is 0 Å². The number of fused-ring (bicyclic) bond motifs is 1. The quantitative estimate of drug-likeness (QED) is 0.653. The zero-order valence-electron chi connectivity index (χ0n) is 17.2. The third-order valence-electron chi connectivity index (χ3n) is 4.90. The summed E-state index contributed by atoms with van der Waals surface area (Å²) in [5.41, 5.74) is 6.84. The summed E-state index contributed by atoms with van der Waals surface area (Å²) in [6, 6.07) is 13.8. The van der Waals surface area contributed by atoms with Gasteiger partial charge >= 0.3 is 0 Å². The molecule has 8 nitrogen and oxygen atoms in total. The van der Waals surface area contributed by atoms with Gasteiger partial charge in [-0.1, -0.05) is 12.1 Å². The Morgan fingerprint density at radius 3 is 2.52 bits per heavy atom. The summed E-state index contributed by atoms with van der Waals surface area (Å²) in [5, 5.41) is 2.73. The second kappa shape index (κ2) is 10.1. The van der Waals surface area contributed by atoms with Gasteiger partial charge in [0.15, 0.2) is 0 Å². The van der Waals surface area contributed by atoms with Crippen molar-refractivity contribution in [3.8, 4) is 0 Å². The van der Waals surface area contributed by atoms with Crippen molar-refractivity contribution in [2.45, 2.75) is 18.2 Å². The molecule has 2 aromatic rings. The number of amides is 4. The molecular formula is C22H24N4O4S. The van der Waals surface area contributed by atoms with Crippen molar-refractivity contribution < 1.29 is 19.2 Å². The number of rotatable bonds is 8. The van der Waals surface area contributed by atoms with Gasteiger partial charge in [0.25, 0.3) is 0 Å². The van der Waals surface area contributed by atoms with Crippen LogP contribution in [0.5, 0.6) is 0 Å². The van der Waals surface area contributed by atoms with Gasteiger partial charge in [0.2, 0.25) is 23.6 Å². The molecule has 1 aliphatic rings. The largest absolute Gasteiger partial charge is 0.366 e. The maximum atomic E-state index is 12.8. The zero-order valence-corrected chi connectivity index (χ0v) is 18.0. The predicted octanol–water partition coefficient (Wildman–Crippen LogP) is 2.10. The number of primary amides is 1. The lowest BCUT2D eigenvalue weighted by Crippen LogP contribution is -2.45. The molecule has 0 fully saturated rings. The predicted molar refractivity (Wildman–Crippen MR) is 120 cm³/mol. The third kappa shape index (κ3) is 5.64. The fraction of sp³-hybridized carbons (Fsp3) is 0.273. The number of anilines is 2. The normalized spacial score (nSPS) is 12.8. The highest BCUT2D eigenvalue weighted by Gasteiger charge is 2.27. The minimum atomic E-state index is -0.539. The van der Waals surface area contributed by atoms with Gasteiger partial charge in [-0.25, -0.2) is 0 Å². The van der Waals surface area contributed by atoms with Crippen LogP contribution in [0, 0.1) is 0 Å². The summed E-state index contributed by atoms with van der Waals surface area (Å²) in [5.74, 6) is -0.813. The average molecular weight is 441 g/mol. The van der Waals surface area contributed by atoms with E-state index in [0.29, 0.717) is 23.5 Å². The van der Waals surface area contributed by atoms with Crippen LogP contribution in [0.15, 0.2) is 53.4 Å². The fourth-order valence-corrected chi connectivity index (χ4v) is 4.14. The molecule has 1 heterocycles. The number of carbonyl (C=O) groups is 4. The summed E-state index contributed by atoms with van der Waals surface area (Å²) in [6.45, 7) is 2.44. The molecule has 31 heavy (non-hydrogen) atoms. The minimum Gasteiger partial charge on any atom is -0.366 e. The molecule has 0 unspecified atom stereocenters. The number of nitrogens with one attached hydrogen (secondary N) is 1. The van der Waals surface area contributed by atoms with Gasteiger partial charge in [-0.2, -0.15) is 0 Å². The summed E-state index contributed by atoms with van der Waals surface area (Å²) >= 11 is 1.46. The SMILES string of the molecule is CCN(CCC(=O)Nc1ccc(C(N)=O)cc1)C(=O)CN1C(=O)CSc2ccccc21. The maximum absolute atomic E-state index is 12.8. The van der Waals surface area contributed by atoms with E-state index in [4.69, 9.17) is 5.73 Å². The Hall–Kier alpha value is -3.33. The smallest absolute Gasteiger partial charge is 0.248 e. The third-order valence-corrected chi connectivity index (χ3v) is 5.95. The number of benzene rings is 2. The summed E-state index contributed by atoms with van der Waals surface area (Å²) in [6.07, 6.45) is 0.109. The molecule has 4 amide bonds. The van der Waals surface area contributed by atoms with Crippen LogP contribution in [-0.2, 0) is 14.4 Å². The van der Waals surface area contributed by atoms with Crippen LogP contribution in [0.2, 0.25) is 0 Å². The minimum absolute atomic E-state index is 0.0551. The molecule has 162 valence electrons. The molecule has 0 aromatic heterocycles. The molecule has 0 saturated heterocycles. The van der Waals surface area contributed by atoms with Crippen LogP contribution in [0.4, 0.5) is 11.4 Å². The van der Waals surface area contributed by atoms with Gasteiger partial charge in [0, 0.05) is 35.7 Å². The number of nitrogens with zero attached hydrogens (tertiary/aromatic N) is 2. The average Bonchev–Trinajstić information content (AvgIpc) is 2.76. The lowest BCUT2D eigenvalue weighted by atomic mass is 10.2. The van der Waals surface area contributed by atoms with Crippen LogP contribution < -0.4 is 16.0 Å². The van der Waals surface area contributed by atoms with Gasteiger partial charge < -0.3 is 20.9 Å². The lowest BCUT2D eigenvalue weighted by molar-refractivity contribution is -0.131. The van der Waals surface area contributed by atoms with Crippen molar-refractivity contribution in [2.75, 3.05) is 35.6 Å². The standard InChI is InChI=1S/C22H24N4O4S/c1-2-25(12-11-19(27)24-16-9-7-15(8-10-16)22(23)30)20(28)13-26-17-5-3-4-6-18(17)31-14-21(26)29/h3-10H,2,11-14H2,1H3,(H2,23,30)(H,24,27). The molecule has 0 radical (unpaired) electrons. The number of carbonyl (C=O) groups excluding carboxylic acids is 4. The first kappa shape index (κ1) is 22.4. The van der Waals surface area contributed by atoms with Crippen LogP contribution in [-0.4, -0.2) is 53.9 Å². The molecule has 3 rings (SSSR count). The van der Waals surface area contributed by atoms with E-state index in [1.807, 2.05) is 31.2 Å². The van der Waals surface area contributed by atoms with Gasteiger partial charge in [-0.15, -0.1) is 11.8 Å². The van der Waals surface area contributed by atoms with Crippen molar-refractivity contribution in [1.29, 1.82) is 0 Å². The highest BCUT2D eigenvalue weighted by Crippen LogP contribution is 2.34.